The monoisotopic (exact) mass is 397 g/mol. The van der Waals surface area contributed by atoms with E-state index < -0.39 is 11.9 Å². The van der Waals surface area contributed by atoms with E-state index in [1.54, 1.807) is 25.3 Å². The summed E-state index contributed by atoms with van der Waals surface area (Å²) in [5.41, 5.74) is 1.89. The average molecular weight is 397 g/mol. The predicted octanol–water partition coefficient (Wildman–Crippen LogP) is 2.23. The Balaban J connectivity index is 1.37. The maximum Gasteiger partial charge on any atom is 0.260 e. The van der Waals surface area contributed by atoms with Gasteiger partial charge in [-0.15, -0.1) is 0 Å². The Labute approximate surface area is 168 Å². The minimum Gasteiger partial charge on any atom is -0.481 e. The van der Waals surface area contributed by atoms with Crippen molar-refractivity contribution >= 4 is 16.9 Å². The first-order valence-corrected chi connectivity index (χ1v) is 9.84. The fourth-order valence-corrected chi connectivity index (χ4v) is 3.61. The molecule has 1 amide bonds. The second-order valence-corrected chi connectivity index (χ2v) is 7.18. The fraction of sp³-hybridized carbons (Fsp3) is 0.381. The zero-order valence-electron chi connectivity index (χ0n) is 16.3. The van der Waals surface area contributed by atoms with E-state index in [0.29, 0.717) is 24.8 Å². The van der Waals surface area contributed by atoms with Gasteiger partial charge >= 0.3 is 0 Å². The van der Waals surface area contributed by atoms with E-state index in [-0.39, 0.29) is 5.91 Å². The minimum atomic E-state index is -0.732. The number of aromatic nitrogens is 3. The predicted molar refractivity (Wildman–Crippen MR) is 107 cm³/mol. The highest BCUT2D eigenvalue weighted by Gasteiger charge is 2.23. The Morgan fingerprint density at radius 1 is 1.41 bits per heavy atom. The van der Waals surface area contributed by atoms with Crippen molar-refractivity contribution in [1.82, 2.24) is 25.4 Å². The van der Waals surface area contributed by atoms with Crippen LogP contribution >= 0.6 is 0 Å². The summed E-state index contributed by atoms with van der Waals surface area (Å²) in [4.78, 5) is 16.8. The van der Waals surface area contributed by atoms with E-state index in [9.17, 15) is 9.18 Å². The van der Waals surface area contributed by atoms with Gasteiger partial charge in [0.05, 0.1) is 12.2 Å². The van der Waals surface area contributed by atoms with Crippen LogP contribution in [-0.2, 0) is 11.3 Å². The summed E-state index contributed by atoms with van der Waals surface area (Å²) >= 11 is 0. The SMILES string of the molecule is C[C@@H](Oc1cccc(F)c1)C(=O)NCCn1nc([C@@H]2CCNC2)c2cccnc21. The molecular weight excluding hydrogens is 373 g/mol. The van der Waals surface area contributed by atoms with Crippen molar-refractivity contribution in [2.45, 2.75) is 31.9 Å². The molecule has 0 radical (unpaired) electrons. The van der Waals surface area contributed by atoms with Gasteiger partial charge in [-0.2, -0.15) is 5.10 Å². The fourth-order valence-electron chi connectivity index (χ4n) is 3.61. The summed E-state index contributed by atoms with van der Waals surface area (Å²) in [5.74, 6) is 0.0438. The molecule has 2 atom stereocenters. The number of carbonyl (C=O) groups excluding carboxylic acids is 1. The number of ether oxygens (including phenoxy) is 1. The van der Waals surface area contributed by atoms with Crippen LogP contribution in [0.1, 0.15) is 25.0 Å². The van der Waals surface area contributed by atoms with Crippen LogP contribution in [0.25, 0.3) is 11.0 Å². The van der Waals surface area contributed by atoms with Gasteiger partial charge in [-0.1, -0.05) is 6.07 Å². The Kier molecular flexibility index (Phi) is 5.71. The zero-order valence-corrected chi connectivity index (χ0v) is 16.3. The van der Waals surface area contributed by atoms with E-state index in [0.717, 1.165) is 36.2 Å². The van der Waals surface area contributed by atoms with E-state index in [2.05, 4.69) is 15.6 Å². The molecule has 4 rings (SSSR count). The molecule has 0 aliphatic carbocycles. The molecule has 7 nitrogen and oxygen atoms in total. The number of hydrogen-bond acceptors (Lipinski definition) is 5. The van der Waals surface area contributed by atoms with Crippen LogP contribution in [0.3, 0.4) is 0 Å². The third-order valence-electron chi connectivity index (χ3n) is 5.08. The molecule has 29 heavy (non-hydrogen) atoms. The van der Waals surface area contributed by atoms with Crippen LogP contribution in [0.5, 0.6) is 5.75 Å². The minimum absolute atomic E-state index is 0.265. The van der Waals surface area contributed by atoms with E-state index in [1.165, 1.54) is 12.1 Å². The first kappa shape index (κ1) is 19.3. The van der Waals surface area contributed by atoms with Gasteiger partial charge in [-0.3, -0.25) is 4.79 Å². The molecule has 0 bridgehead atoms. The van der Waals surface area contributed by atoms with Crippen molar-refractivity contribution < 1.29 is 13.9 Å². The van der Waals surface area contributed by atoms with Gasteiger partial charge < -0.3 is 15.4 Å². The molecule has 1 saturated heterocycles. The van der Waals surface area contributed by atoms with Gasteiger partial charge in [-0.25, -0.2) is 14.1 Å². The standard InChI is InChI=1S/C21H24FN5O2/c1-14(29-17-5-2-4-16(22)12-17)21(28)25-10-11-27-20-18(6-3-8-24-20)19(26-27)15-7-9-23-13-15/h2-6,8,12,14-15,23H,7,9-11,13H2,1H3,(H,25,28)/t14-,15-/m1/s1. The zero-order chi connectivity index (χ0) is 20.2. The molecule has 2 N–H and O–H groups in total. The number of amides is 1. The summed E-state index contributed by atoms with van der Waals surface area (Å²) in [7, 11) is 0. The van der Waals surface area contributed by atoms with E-state index >= 15 is 0 Å². The maximum absolute atomic E-state index is 13.3. The van der Waals surface area contributed by atoms with Crippen molar-refractivity contribution in [3.05, 3.63) is 54.1 Å². The summed E-state index contributed by atoms with van der Waals surface area (Å²) in [5, 5.41) is 12.1. The van der Waals surface area contributed by atoms with Crippen molar-refractivity contribution in [1.29, 1.82) is 0 Å². The quantitative estimate of drug-likeness (QED) is 0.639. The van der Waals surface area contributed by atoms with Gasteiger partial charge in [-0.05, 0) is 44.2 Å². The highest BCUT2D eigenvalue weighted by Crippen LogP contribution is 2.27. The van der Waals surface area contributed by atoms with E-state index in [1.807, 2.05) is 16.8 Å². The Bertz CT molecular complexity index is 1000. The molecule has 1 fully saturated rings. The number of nitrogens with zero attached hydrogens (tertiary/aromatic N) is 3. The Morgan fingerprint density at radius 2 is 2.31 bits per heavy atom. The maximum atomic E-state index is 13.3. The third kappa shape index (κ3) is 4.37. The molecule has 1 aromatic carbocycles. The van der Waals surface area contributed by atoms with Crippen LogP contribution in [0, 0.1) is 5.82 Å². The van der Waals surface area contributed by atoms with Gasteiger partial charge in [0, 0.05) is 36.7 Å². The lowest BCUT2D eigenvalue weighted by Gasteiger charge is -2.14. The van der Waals surface area contributed by atoms with Crippen LogP contribution in [0.4, 0.5) is 4.39 Å². The smallest absolute Gasteiger partial charge is 0.260 e. The molecule has 0 unspecified atom stereocenters. The molecule has 1 aliphatic rings. The summed E-state index contributed by atoms with van der Waals surface area (Å²) in [6.07, 6.45) is 2.08. The van der Waals surface area contributed by atoms with Crippen molar-refractivity contribution in [2.24, 2.45) is 0 Å². The number of hydrogen-bond donors (Lipinski definition) is 2. The van der Waals surface area contributed by atoms with Gasteiger partial charge in [0.2, 0.25) is 0 Å². The Hall–Kier alpha value is -3.00. The normalized spacial score (nSPS) is 17.4. The van der Waals surface area contributed by atoms with Gasteiger partial charge in [0.15, 0.2) is 11.8 Å². The molecule has 0 saturated carbocycles. The number of rotatable bonds is 7. The number of benzene rings is 1. The van der Waals surface area contributed by atoms with Crippen molar-refractivity contribution in [3.8, 4) is 5.75 Å². The van der Waals surface area contributed by atoms with Crippen molar-refractivity contribution in [2.75, 3.05) is 19.6 Å². The molecule has 2 aromatic heterocycles. The molecule has 1 aliphatic heterocycles. The first-order valence-electron chi connectivity index (χ1n) is 9.84. The number of halogens is 1. The first-order chi connectivity index (χ1) is 14.1. The molecule has 152 valence electrons. The number of nitrogens with one attached hydrogen (secondary N) is 2. The number of pyridine rings is 1. The average Bonchev–Trinajstić information content (AvgIpc) is 3.36. The third-order valence-corrected chi connectivity index (χ3v) is 5.08. The molecule has 0 spiro atoms. The molecule has 3 aromatic rings. The molecular formula is C21H24FN5O2. The van der Waals surface area contributed by atoms with Crippen LogP contribution in [-0.4, -0.2) is 46.4 Å². The van der Waals surface area contributed by atoms with Crippen molar-refractivity contribution in [3.63, 3.8) is 0 Å². The highest BCUT2D eigenvalue weighted by atomic mass is 19.1. The lowest BCUT2D eigenvalue weighted by Crippen LogP contribution is -2.38. The van der Waals surface area contributed by atoms with E-state index in [4.69, 9.17) is 9.84 Å². The highest BCUT2D eigenvalue weighted by molar-refractivity contribution is 5.81. The van der Waals surface area contributed by atoms with Gasteiger partial charge in [0.1, 0.15) is 11.6 Å². The second kappa shape index (κ2) is 8.57. The summed E-state index contributed by atoms with van der Waals surface area (Å²) in [6.45, 7) is 4.46. The van der Waals surface area contributed by atoms with Crippen LogP contribution in [0.15, 0.2) is 42.6 Å². The summed E-state index contributed by atoms with van der Waals surface area (Å²) in [6, 6.07) is 9.72. The molecule has 3 heterocycles. The topological polar surface area (TPSA) is 81.1 Å². The summed E-state index contributed by atoms with van der Waals surface area (Å²) < 4.78 is 20.6. The van der Waals surface area contributed by atoms with Crippen LogP contribution < -0.4 is 15.4 Å². The lowest BCUT2D eigenvalue weighted by atomic mass is 10.0. The number of carbonyl (C=O) groups is 1. The second-order valence-electron chi connectivity index (χ2n) is 7.18. The number of fused-ring (bicyclic) bond motifs is 1. The largest absolute Gasteiger partial charge is 0.481 e. The van der Waals surface area contributed by atoms with Gasteiger partial charge in [0.25, 0.3) is 5.91 Å². The Morgan fingerprint density at radius 3 is 3.10 bits per heavy atom. The van der Waals surface area contributed by atoms with Crippen LogP contribution in [0.2, 0.25) is 0 Å². The lowest BCUT2D eigenvalue weighted by molar-refractivity contribution is -0.127. The molecule has 8 heteroatoms.